The Hall–Kier alpha value is -2.02. The summed E-state index contributed by atoms with van der Waals surface area (Å²) in [5.74, 6) is 0.687. The molecule has 6 nitrogen and oxygen atoms in total. The monoisotopic (exact) mass is 275 g/mol. The fraction of sp³-hybridized carbons (Fsp3) is 0.333. The van der Waals surface area contributed by atoms with E-state index in [1.807, 2.05) is 31.4 Å². The van der Waals surface area contributed by atoms with Crippen molar-refractivity contribution in [1.82, 2.24) is 24.8 Å². The van der Waals surface area contributed by atoms with Crippen LogP contribution in [0.15, 0.2) is 28.5 Å². The number of aromatic nitrogens is 5. The highest BCUT2D eigenvalue weighted by Crippen LogP contribution is 2.16. The summed E-state index contributed by atoms with van der Waals surface area (Å²) in [6.07, 6.45) is 1.79. The van der Waals surface area contributed by atoms with Gasteiger partial charge in [-0.15, -0.1) is 16.4 Å². The summed E-state index contributed by atoms with van der Waals surface area (Å²) >= 11 is 1.57. The first kappa shape index (κ1) is 12.0. The van der Waals surface area contributed by atoms with Crippen molar-refractivity contribution in [3.05, 3.63) is 39.9 Å². The Labute approximate surface area is 113 Å². The van der Waals surface area contributed by atoms with E-state index in [0.717, 1.165) is 10.1 Å². The zero-order valence-corrected chi connectivity index (χ0v) is 11.5. The van der Waals surface area contributed by atoms with Crippen molar-refractivity contribution in [1.29, 1.82) is 0 Å². The van der Waals surface area contributed by atoms with E-state index >= 15 is 0 Å². The minimum absolute atomic E-state index is 0.00273. The van der Waals surface area contributed by atoms with Gasteiger partial charge in [0.2, 0.25) is 0 Å². The van der Waals surface area contributed by atoms with E-state index in [4.69, 9.17) is 0 Å². The standard InChI is InChI=1S/C12H13N5OS/c1-8(2)17-11(13-14-15-17)7-16-5-3-10-9(12(16)18)4-6-19-10/h3-6,8H,7H2,1-2H3. The Bertz CT molecular complexity index is 770. The topological polar surface area (TPSA) is 65.6 Å². The quantitative estimate of drug-likeness (QED) is 0.729. The first-order valence-electron chi connectivity index (χ1n) is 6.00. The Morgan fingerprint density at radius 2 is 2.21 bits per heavy atom. The molecule has 0 aromatic carbocycles. The molecular formula is C12H13N5OS. The van der Waals surface area contributed by atoms with Crippen molar-refractivity contribution in [2.24, 2.45) is 0 Å². The van der Waals surface area contributed by atoms with Crippen molar-refractivity contribution in [3.63, 3.8) is 0 Å². The van der Waals surface area contributed by atoms with Crippen LogP contribution in [-0.4, -0.2) is 24.8 Å². The van der Waals surface area contributed by atoms with E-state index in [2.05, 4.69) is 15.5 Å². The maximum Gasteiger partial charge on any atom is 0.259 e. The zero-order chi connectivity index (χ0) is 13.4. The SMILES string of the molecule is CC(C)n1nnnc1Cn1ccc2sccc2c1=O. The third-order valence-electron chi connectivity index (χ3n) is 2.95. The van der Waals surface area contributed by atoms with Crippen LogP contribution in [0, 0.1) is 0 Å². The maximum absolute atomic E-state index is 12.3. The van der Waals surface area contributed by atoms with Gasteiger partial charge in [-0.2, -0.15) is 0 Å². The molecule has 3 aromatic rings. The number of fused-ring (bicyclic) bond motifs is 1. The molecule has 3 heterocycles. The van der Waals surface area contributed by atoms with Gasteiger partial charge in [0.05, 0.1) is 18.0 Å². The number of nitrogens with zero attached hydrogens (tertiary/aromatic N) is 5. The lowest BCUT2D eigenvalue weighted by atomic mass is 10.3. The van der Waals surface area contributed by atoms with Crippen LogP contribution < -0.4 is 5.56 Å². The van der Waals surface area contributed by atoms with E-state index in [9.17, 15) is 4.79 Å². The molecule has 19 heavy (non-hydrogen) atoms. The average Bonchev–Trinajstić information content (AvgIpc) is 3.01. The molecule has 0 radical (unpaired) electrons. The summed E-state index contributed by atoms with van der Waals surface area (Å²) < 4.78 is 4.37. The Kier molecular flexibility index (Phi) is 2.90. The van der Waals surface area contributed by atoms with E-state index in [-0.39, 0.29) is 11.6 Å². The lowest BCUT2D eigenvalue weighted by Crippen LogP contribution is -2.22. The van der Waals surface area contributed by atoms with Crippen LogP contribution in [0.4, 0.5) is 0 Å². The lowest BCUT2D eigenvalue weighted by molar-refractivity contribution is 0.485. The summed E-state index contributed by atoms with van der Waals surface area (Å²) in [4.78, 5) is 12.3. The fourth-order valence-electron chi connectivity index (χ4n) is 2.00. The third-order valence-corrected chi connectivity index (χ3v) is 3.84. The van der Waals surface area contributed by atoms with Crippen LogP contribution in [0.25, 0.3) is 10.1 Å². The highest BCUT2D eigenvalue weighted by atomic mass is 32.1. The minimum Gasteiger partial charge on any atom is -0.307 e. The van der Waals surface area contributed by atoms with Crippen LogP contribution in [0.3, 0.4) is 0 Å². The van der Waals surface area contributed by atoms with Crippen molar-refractivity contribution in [3.8, 4) is 0 Å². The summed E-state index contributed by atoms with van der Waals surface area (Å²) in [6, 6.07) is 3.97. The van der Waals surface area contributed by atoms with E-state index in [1.54, 1.807) is 26.8 Å². The van der Waals surface area contributed by atoms with Gasteiger partial charge in [-0.1, -0.05) is 0 Å². The van der Waals surface area contributed by atoms with Crippen LogP contribution in [0.1, 0.15) is 25.7 Å². The van der Waals surface area contributed by atoms with E-state index < -0.39 is 0 Å². The van der Waals surface area contributed by atoms with Crippen LogP contribution in [0.5, 0.6) is 0 Å². The summed E-state index contributed by atoms with van der Waals surface area (Å²) in [7, 11) is 0. The molecule has 0 saturated carbocycles. The van der Waals surface area contributed by atoms with Gasteiger partial charge in [0, 0.05) is 10.9 Å². The summed E-state index contributed by atoms with van der Waals surface area (Å²) in [5.41, 5.74) is -0.00273. The molecule has 0 N–H and O–H groups in total. The molecule has 0 bridgehead atoms. The highest BCUT2D eigenvalue weighted by molar-refractivity contribution is 7.17. The van der Waals surface area contributed by atoms with Gasteiger partial charge in [0.25, 0.3) is 5.56 Å². The number of rotatable bonds is 3. The second-order valence-corrected chi connectivity index (χ2v) is 5.53. The van der Waals surface area contributed by atoms with Crippen molar-refractivity contribution >= 4 is 21.4 Å². The van der Waals surface area contributed by atoms with Crippen LogP contribution >= 0.6 is 11.3 Å². The Balaban J connectivity index is 2.03. The normalized spacial score (nSPS) is 11.5. The molecule has 0 aliphatic rings. The first-order chi connectivity index (χ1) is 9.16. The first-order valence-corrected chi connectivity index (χ1v) is 6.88. The van der Waals surface area contributed by atoms with Gasteiger partial charge in [-0.05, 0) is 41.8 Å². The number of hydrogen-bond donors (Lipinski definition) is 0. The molecule has 0 unspecified atom stereocenters. The summed E-state index contributed by atoms with van der Waals surface area (Å²) in [6.45, 7) is 4.39. The molecule has 0 aliphatic heterocycles. The molecule has 3 aromatic heterocycles. The molecule has 0 atom stereocenters. The van der Waals surface area contributed by atoms with E-state index in [1.165, 1.54) is 0 Å². The molecule has 0 fully saturated rings. The molecule has 7 heteroatoms. The molecule has 0 amide bonds. The minimum atomic E-state index is -0.00273. The fourth-order valence-corrected chi connectivity index (χ4v) is 2.77. The molecule has 0 aliphatic carbocycles. The van der Waals surface area contributed by atoms with Gasteiger partial charge < -0.3 is 4.57 Å². The molecule has 0 saturated heterocycles. The van der Waals surface area contributed by atoms with Crippen molar-refractivity contribution < 1.29 is 0 Å². The maximum atomic E-state index is 12.3. The molecule has 3 rings (SSSR count). The van der Waals surface area contributed by atoms with Crippen molar-refractivity contribution in [2.45, 2.75) is 26.4 Å². The highest BCUT2D eigenvalue weighted by Gasteiger charge is 2.11. The number of tetrazole rings is 1. The largest absolute Gasteiger partial charge is 0.307 e. The molecule has 98 valence electrons. The molecular weight excluding hydrogens is 262 g/mol. The van der Waals surface area contributed by atoms with E-state index in [0.29, 0.717) is 12.4 Å². The molecule has 0 spiro atoms. The Morgan fingerprint density at radius 1 is 1.37 bits per heavy atom. The number of pyridine rings is 1. The average molecular weight is 275 g/mol. The third kappa shape index (κ3) is 2.06. The van der Waals surface area contributed by atoms with Gasteiger partial charge in [0.1, 0.15) is 0 Å². The van der Waals surface area contributed by atoms with Crippen LogP contribution in [-0.2, 0) is 6.54 Å². The summed E-state index contributed by atoms with van der Waals surface area (Å²) in [5, 5.41) is 14.3. The number of hydrogen-bond acceptors (Lipinski definition) is 5. The van der Waals surface area contributed by atoms with Crippen molar-refractivity contribution in [2.75, 3.05) is 0 Å². The smallest absolute Gasteiger partial charge is 0.259 e. The Morgan fingerprint density at radius 3 is 3.00 bits per heavy atom. The number of thiophene rings is 1. The van der Waals surface area contributed by atoms with Gasteiger partial charge >= 0.3 is 0 Å². The predicted molar refractivity (Wildman–Crippen MR) is 73.4 cm³/mol. The lowest BCUT2D eigenvalue weighted by Gasteiger charge is -2.09. The second-order valence-electron chi connectivity index (χ2n) is 4.58. The zero-order valence-electron chi connectivity index (χ0n) is 10.6. The van der Waals surface area contributed by atoms with Gasteiger partial charge in [0.15, 0.2) is 5.82 Å². The van der Waals surface area contributed by atoms with Crippen LogP contribution in [0.2, 0.25) is 0 Å². The van der Waals surface area contributed by atoms with Gasteiger partial charge in [-0.3, -0.25) is 4.79 Å². The predicted octanol–water partition coefficient (Wildman–Crippen LogP) is 1.68. The second kappa shape index (κ2) is 4.58. The van der Waals surface area contributed by atoms with Gasteiger partial charge in [-0.25, -0.2) is 4.68 Å².